The minimum absolute atomic E-state index is 0.0105. The molecule has 0 aromatic heterocycles. The van der Waals surface area contributed by atoms with Gasteiger partial charge >= 0.3 is 0 Å². The van der Waals surface area contributed by atoms with Crippen molar-refractivity contribution in [2.24, 2.45) is 5.92 Å². The number of aryl methyl sites for hydroxylation is 1. The van der Waals surface area contributed by atoms with Crippen molar-refractivity contribution < 1.29 is 9.59 Å². The summed E-state index contributed by atoms with van der Waals surface area (Å²) < 4.78 is 0. The normalized spacial score (nSPS) is 20.1. The van der Waals surface area contributed by atoms with Crippen LogP contribution >= 0.6 is 11.6 Å². The molecule has 0 bridgehead atoms. The number of piperidine rings is 1. The fraction of sp³-hybridized carbons (Fsp3) is 0.440. The Balaban J connectivity index is 1.84. The van der Waals surface area contributed by atoms with Crippen LogP contribution in [-0.4, -0.2) is 49.3 Å². The Morgan fingerprint density at radius 1 is 1.16 bits per heavy atom. The second-order valence-corrected chi connectivity index (χ2v) is 9.15. The van der Waals surface area contributed by atoms with Crippen LogP contribution in [0, 0.1) is 12.8 Å². The number of hydrogen-bond acceptors (Lipinski definition) is 3. The van der Waals surface area contributed by atoms with Gasteiger partial charge in [-0.05, 0) is 63.7 Å². The molecule has 3 unspecified atom stereocenters. The predicted octanol–water partition coefficient (Wildman–Crippen LogP) is 4.37. The van der Waals surface area contributed by atoms with Crippen molar-refractivity contribution in [1.29, 1.82) is 0 Å². The summed E-state index contributed by atoms with van der Waals surface area (Å²) in [7, 11) is 5.85. The number of amides is 2. The molecule has 1 fully saturated rings. The van der Waals surface area contributed by atoms with Crippen molar-refractivity contribution >= 4 is 23.4 Å². The number of carbonyl (C=O) groups is 2. The fourth-order valence-corrected chi connectivity index (χ4v) is 4.34. The van der Waals surface area contributed by atoms with Gasteiger partial charge < -0.3 is 15.1 Å². The van der Waals surface area contributed by atoms with E-state index in [9.17, 15) is 9.59 Å². The Labute approximate surface area is 190 Å². The quantitative estimate of drug-likeness (QED) is 0.694. The van der Waals surface area contributed by atoms with Crippen molar-refractivity contribution in [3.8, 4) is 0 Å². The molecule has 3 rings (SSSR count). The molecular weight excluding hydrogens is 410 g/mol. The molecule has 2 aromatic carbocycles. The van der Waals surface area contributed by atoms with Gasteiger partial charge in [0, 0.05) is 18.5 Å². The lowest BCUT2D eigenvalue weighted by molar-refractivity contribution is -0.142. The molecule has 3 atom stereocenters. The van der Waals surface area contributed by atoms with Crippen LogP contribution in [0.15, 0.2) is 48.5 Å². The van der Waals surface area contributed by atoms with Crippen LogP contribution in [0.3, 0.4) is 0 Å². The van der Waals surface area contributed by atoms with Crippen molar-refractivity contribution in [2.75, 3.05) is 27.7 Å². The molecule has 0 aliphatic carbocycles. The summed E-state index contributed by atoms with van der Waals surface area (Å²) >= 11 is 6.07. The smallest absolute Gasteiger partial charge is 0.226 e. The third-order valence-electron chi connectivity index (χ3n) is 6.07. The van der Waals surface area contributed by atoms with Gasteiger partial charge in [-0.15, -0.1) is 0 Å². The van der Waals surface area contributed by atoms with Gasteiger partial charge in [-0.2, -0.15) is 0 Å². The monoisotopic (exact) mass is 441 g/mol. The van der Waals surface area contributed by atoms with E-state index in [4.69, 9.17) is 11.6 Å². The third kappa shape index (κ3) is 5.86. The van der Waals surface area contributed by atoms with Gasteiger partial charge in [0.2, 0.25) is 11.8 Å². The topological polar surface area (TPSA) is 52.7 Å². The van der Waals surface area contributed by atoms with E-state index in [1.165, 1.54) is 0 Å². The van der Waals surface area contributed by atoms with Crippen LogP contribution in [0.4, 0.5) is 0 Å². The third-order valence-corrected chi connectivity index (χ3v) is 6.32. The van der Waals surface area contributed by atoms with Crippen LogP contribution in [-0.2, 0) is 9.59 Å². The van der Waals surface area contributed by atoms with Crippen LogP contribution in [0.5, 0.6) is 0 Å². The zero-order valence-electron chi connectivity index (χ0n) is 18.8. The van der Waals surface area contributed by atoms with E-state index in [1.807, 2.05) is 69.6 Å². The first-order valence-electron chi connectivity index (χ1n) is 10.8. The molecule has 0 spiro atoms. The Bertz CT molecular complexity index is 896. The summed E-state index contributed by atoms with van der Waals surface area (Å²) in [5, 5.41) is 3.95. The van der Waals surface area contributed by atoms with Crippen molar-refractivity contribution in [3.63, 3.8) is 0 Å². The maximum Gasteiger partial charge on any atom is 0.226 e. The highest BCUT2D eigenvalue weighted by Crippen LogP contribution is 2.36. The molecule has 5 nitrogen and oxygen atoms in total. The van der Waals surface area contributed by atoms with Crippen LogP contribution in [0.1, 0.15) is 48.0 Å². The highest BCUT2D eigenvalue weighted by Gasteiger charge is 2.39. The summed E-state index contributed by atoms with van der Waals surface area (Å²) in [4.78, 5) is 29.8. The SMILES string of the molecule is Cc1ccc(C2C(C(=O)NC(CCN(C)C)c3ccc(Cl)cc3)CCC(=O)N2C)cc1. The molecule has 2 amide bonds. The predicted molar refractivity (Wildman–Crippen MR) is 125 cm³/mol. The number of nitrogens with one attached hydrogen (secondary N) is 1. The first-order valence-corrected chi connectivity index (χ1v) is 11.2. The number of hydrogen-bond donors (Lipinski definition) is 1. The summed E-state index contributed by atoms with van der Waals surface area (Å²) in [6.07, 6.45) is 1.73. The molecule has 6 heteroatoms. The fourth-order valence-electron chi connectivity index (χ4n) is 4.22. The number of carbonyl (C=O) groups excluding carboxylic acids is 2. The van der Waals surface area contributed by atoms with Gasteiger partial charge in [0.1, 0.15) is 0 Å². The molecule has 2 aromatic rings. The molecule has 31 heavy (non-hydrogen) atoms. The van der Waals surface area contributed by atoms with Gasteiger partial charge in [-0.25, -0.2) is 0 Å². The highest BCUT2D eigenvalue weighted by molar-refractivity contribution is 6.30. The van der Waals surface area contributed by atoms with Crippen LogP contribution in [0.25, 0.3) is 0 Å². The Morgan fingerprint density at radius 3 is 2.42 bits per heavy atom. The Hall–Kier alpha value is -2.37. The molecule has 1 heterocycles. The molecule has 0 saturated carbocycles. The van der Waals surface area contributed by atoms with Gasteiger partial charge in [-0.1, -0.05) is 53.6 Å². The zero-order chi connectivity index (χ0) is 22.5. The number of halogens is 1. The second-order valence-electron chi connectivity index (χ2n) is 8.71. The second kappa shape index (κ2) is 10.3. The number of nitrogens with zero attached hydrogens (tertiary/aromatic N) is 2. The van der Waals surface area contributed by atoms with E-state index in [1.54, 1.807) is 11.9 Å². The summed E-state index contributed by atoms with van der Waals surface area (Å²) in [5.74, 6) is -0.223. The van der Waals surface area contributed by atoms with Gasteiger partial charge in [0.25, 0.3) is 0 Å². The summed E-state index contributed by atoms with van der Waals surface area (Å²) in [6, 6.07) is 15.4. The van der Waals surface area contributed by atoms with E-state index in [-0.39, 0.29) is 29.8 Å². The van der Waals surface area contributed by atoms with Crippen molar-refractivity contribution in [3.05, 3.63) is 70.2 Å². The molecule has 1 N–H and O–H groups in total. The first-order chi connectivity index (χ1) is 14.8. The summed E-state index contributed by atoms with van der Waals surface area (Å²) in [5.41, 5.74) is 3.19. The lowest BCUT2D eigenvalue weighted by Crippen LogP contribution is -2.47. The standard InChI is InChI=1S/C25H32ClN3O2/c1-17-5-7-19(8-6-17)24-21(13-14-23(30)29(24)4)25(31)27-22(15-16-28(2)3)18-9-11-20(26)12-10-18/h5-12,21-22,24H,13-16H2,1-4H3,(H,27,31). The average molecular weight is 442 g/mol. The molecule has 1 aliphatic rings. The van der Waals surface area contributed by atoms with Crippen molar-refractivity contribution in [1.82, 2.24) is 15.1 Å². The number of likely N-dealkylation sites (tertiary alicyclic amines) is 1. The van der Waals surface area contributed by atoms with Crippen LogP contribution < -0.4 is 5.32 Å². The first kappa shape index (κ1) is 23.3. The maximum absolute atomic E-state index is 13.5. The average Bonchev–Trinajstić information content (AvgIpc) is 2.74. The van der Waals surface area contributed by atoms with Gasteiger partial charge in [-0.3, -0.25) is 9.59 Å². The number of benzene rings is 2. The van der Waals surface area contributed by atoms with E-state index in [0.29, 0.717) is 17.9 Å². The summed E-state index contributed by atoms with van der Waals surface area (Å²) in [6.45, 7) is 2.88. The minimum atomic E-state index is -0.292. The van der Waals surface area contributed by atoms with E-state index in [2.05, 4.69) is 10.2 Å². The molecule has 1 aliphatic heterocycles. The van der Waals surface area contributed by atoms with E-state index < -0.39 is 0 Å². The lowest BCUT2D eigenvalue weighted by atomic mass is 9.83. The van der Waals surface area contributed by atoms with E-state index in [0.717, 1.165) is 29.7 Å². The van der Waals surface area contributed by atoms with Crippen molar-refractivity contribution in [2.45, 2.75) is 38.3 Å². The van der Waals surface area contributed by atoms with Gasteiger partial charge in [0.15, 0.2) is 0 Å². The lowest BCUT2D eigenvalue weighted by Gasteiger charge is -2.39. The zero-order valence-corrected chi connectivity index (χ0v) is 19.5. The van der Waals surface area contributed by atoms with E-state index >= 15 is 0 Å². The Morgan fingerprint density at radius 2 is 1.81 bits per heavy atom. The maximum atomic E-state index is 13.5. The molecule has 1 saturated heterocycles. The van der Waals surface area contributed by atoms with Crippen LogP contribution in [0.2, 0.25) is 5.02 Å². The largest absolute Gasteiger partial charge is 0.349 e. The minimum Gasteiger partial charge on any atom is -0.349 e. The Kier molecular flexibility index (Phi) is 7.74. The number of rotatable bonds is 7. The van der Waals surface area contributed by atoms with Gasteiger partial charge in [0.05, 0.1) is 18.0 Å². The molecule has 166 valence electrons. The molecule has 0 radical (unpaired) electrons. The highest BCUT2D eigenvalue weighted by atomic mass is 35.5. The molecular formula is C25H32ClN3O2.